The third kappa shape index (κ3) is 2.71. The quantitative estimate of drug-likeness (QED) is 0.808. The van der Waals surface area contributed by atoms with Crippen molar-refractivity contribution in [3.8, 4) is 0 Å². The molecule has 1 heterocycles. The lowest BCUT2D eigenvalue weighted by molar-refractivity contribution is 0.215. The Morgan fingerprint density at radius 1 is 1.56 bits per heavy atom. The van der Waals surface area contributed by atoms with Gasteiger partial charge in [0.2, 0.25) is 0 Å². The maximum Gasteiger partial charge on any atom is 0.129 e. The monoisotopic (exact) mass is 223 g/mol. The van der Waals surface area contributed by atoms with E-state index in [1.807, 2.05) is 44.9 Å². The van der Waals surface area contributed by atoms with Crippen LogP contribution in [0.25, 0.3) is 0 Å². The Labute approximate surface area is 97.1 Å². The fourth-order valence-corrected chi connectivity index (χ4v) is 1.32. The number of aliphatic hydroxyl groups is 1. The molecule has 1 rings (SSSR count). The number of hydrogen-bond donors (Lipinski definition) is 2. The van der Waals surface area contributed by atoms with Gasteiger partial charge < -0.3 is 15.7 Å². The minimum Gasteiger partial charge on any atom is -0.394 e. The molecule has 0 fully saturated rings. The number of aromatic nitrogens is 1. The second-order valence-corrected chi connectivity index (χ2v) is 4.77. The van der Waals surface area contributed by atoms with E-state index in [1.165, 1.54) is 0 Å². The highest BCUT2D eigenvalue weighted by Gasteiger charge is 2.23. The molecule has 3 N–H and O–H groups in total. The van der Waals surface area contributed by atoms with Gasteiger partial charge in [0, 0.05) is 19.3 Å². The number of likely N-dealkylation sites (N-methyl/N-ethyl adjacent to an activating group) is 1. The molecule has 0 aliphatic rings. The van der Waals surface area contributed by atoms with Crippen LogP contribution >= 0.6 is 0 Å². The summed E-state index contributed by atoms with van der Waals surface area (Å²) in [6.07, 6.45) is 1.75. The minimum absolute atomic E-state index is 0.00705. The lowest BCUT2D eigenvalue weighted by atomic mass is 10.0. The summed E-state index contributed by atoms with van der Waals surface area (Å²) in [5.41, 5.74) is 6.55. The van der Waals surface area contributed by atoms with Gasteiger partial charge in [-0.1, -0.05) is 0 Å². The number of anilines is 1. The van der Waals surface area contributed by atoms with E-state index in [-0.39, 0.29) is 18.2 Å². The van der Waals surface area contributed by atoms with E-state index in [1.54, 1.807) is 6.20 Å². The van der Waals surface area contributed by atoms with Crippen LogP contribution in [-0.4, -0.2) is 29.3 Å². The first-order chi connectivity index (χ1) is 7.38. The van der Waals surface area contributed by atoms with E-state index in [4.69, 9.17) is 5.73 Å². The Balaban J connectivity index is 3.00. The Hall–Kier alpha value is -1.13. The van der Waals surface area contributed by atoms with Gasteiger partial charge in [0.1, 0.15) is 5.82 Å². The van der Waals surface area contributed by atoms with Crippen LogP contribution in [0.1, 0.15) is 32.4 Å². The Morgan fingerprint density at radius 3 is 2.69 bits per heavy atom. The number of nitrogens with two attached hydrogens (primary N) is 1. The molecule has 0 saturated heterocycles. The van der Waals surface area contributed by atoms with Crippen LogP contribution in [0.2, 0.25) is 0 Å². The van der Waals surface area contributed by atoms with Gasteiger partial charge in [0.15, 0.2) is 0 Å². The van der Waals surface area contributed by atoms with Crippen LogP contribution in [0.5, 0.6) is 0 Å². The Kier molecular flexibility index (Phi) is 3.88. The molecule has 0 aliphatic carbocycles. The van der Waals surface area contributed by atoms with Crippen LogP contribution < -0.4 is 10.6 Å². The van der Waals surface area contributed by atoms with E-state index >= 15 is 0 Å². The average molecular weight is 223 g/mol. The molecule has 0 aliphatic heterocycles. The molecule has 16 heavy (non-hydrogen) atoms. The fourth-order valence-electron chi connectivity index (χ4n) is 1.32. The molecular formula is C12H21N3O. The van der Waals surface area contributed by atoms with Crippen molar-refractivity contribution in [1.82, 2.24) is 4.98 Å². The smallest absolute Gasteiger partial charge is 0.129 e. The molecule has 0 spiro atoms. The molecule has 0 bridgehead atoms. The van der Waals surface area contributed by atoms with Crippen LogP contribution in [0.4, 0.5) is 5.82 Å². The third-order valence-electron chi connectivity index (χ3n) is 2.93. The number of hydrogen-bond acceptors (Lipinski definition) is 4. The van der Waals surface area contributed by atoms with Crippen LogP contribution in [0.15, 0.2) is 18.3 Å². The van der Waals surface area contributed by atoms with E-state index in [9.17, 15) is 5.11 Å². The predicted octanol–water partition coefficient (Wildman–Crippen LogP) is 1.31. The summed E-state index contributed by atoms with van der Waals surface area (Å²) in [7, 11) is 1.92. The van der Waals surface area contributed by atoms with Gasteiger partial charge in [-0.2, -0.15) is 0 Å². The summed E-state index contributed by atoms with van der Waals surface area (Å²) in [5, 5.41) is 9.31. The SMILES string of the molecule is C[C@H](N)c1ccnc(N(C)C(C)(C)CO)c1. The molecule has 4 heteroatoms. The molecule has 1 aromatic heterocycles. The zero-order chi connectivity index (χ0) is 12.3. The predicted molar refractivity (Wildman–Crippen MR) is 66.4 cm³/mol. The van der Waals surface area contributed by atoms with Crippen molar-refractivity contribution in [1.29, 1.82) is 0 Å². The maximum absolute atomic E-state index is 9.31. The second kappa shape index (κ2) is 4.80. The first-order valence-corrected chi connectivity index (χ1v) is 5.44. The summed E-state index contributed by atoms with van der Waals surface area (Å²) in [5.74, 6) is 0.828. The zero-order valence-electron chi connectivity index (χ0n) is 10.4. The molecular weight excluding hydrogens is 202 g/mol. The highest BCUT2D eigenvalue weighted by molar-refractivity contribution is 5.43. The summed E-state index contributed by atoms with van der Waals surface area (Å²) in [6.45, 7) is 5.95. The summed E-state index contributed by atoms with van der Waals surface area (Å²) < 4.78 is 0. The molecule has 1 atom stereocenters. The highest BCUT2D eigenvalue weighted by Crippen LogP contribution is 2.22. The lowest BCUT2D eigenvalue weighted by Crippen LogP contribution is -2.44. The van der Waals surface area contributed by atoms with Gasteiger partial charge in [0.05, 0.1) is 12.1 Å². The molecule has 0 unspecified atom stereocenters. The van der Waals surface area contributed by atoms with Gasteiger partial charge in [-0.25, -0.2) is 4.98 Å². The van der Waals surface area contributed by atoms with E-state index < -0.39 is 0 Å². The zero-order valence-corrected chi connectivity index (χ0v) is 10.4. The standard InChI is InChI=1S/C12H21N3O/c1-9(13)10-5-6-14-11(7-10)15(4)12(2,3)8-16/h5-7,9,16H,8,13H2,1-4H3/t9-/m0/s1. The van der Waals surface area contributed by atoms with Gasteiger partial charge in [-0.15, -0.1) is 0 Å². The second-order valence-electron chi connectivity index (χ2n) is 4.77. The van der Waals surface area contributed by atoms with E-state index in [0.29, 0.717) is 0 Å². The van der Waals surface area contributed by atoms with Gasteiger partial charge in [-0.05, 0) is 38.5 Å². The van der Waals surface area contributed by atoms with Crippen molar-refractivity contribution in [2.45, 2.75) is 32.4 Å². The normalized spacial score (nSPS) is 13.6. The summed E-state index contributed by atoms with van der Waals surface area (Å²) in [6, 6.07) is 3.86. The van der Waals surface area contributed by atoms with Crippen molar-refractivity contribution < 1.29 is 5.11 Å². The van der Waals surface area contributed by atoms with Crippen molar-refractivity contribution in [3.63, 3.8) is 0 Å². The van der Waals surface area contributed by atoms with Crippen molar-refractivity contribution >= 4 is 5.82 Å². The number of rotatable bonds is 4. The van der Waals surface area contributed by atoms with Gasteiger partial charge in [-0.3, -0.25) is 0 Å². The largest absolute Gasteiger partial charge is 0.394 e. The first kappa shape index (κ1) is 12.9. The Morgan fingerprint density at radius 2 is 2.19 bits per heavy atom. The highest BCUT2D eigenvalue weighted by atomic mass is 16.3. The van der Waals surface area contributed by atoms with E-state index in [0.717, 1.165) is 11.4 Å². The van der Waals surface area contributed by atoms with Crippen molar-refractivity contribution in [2.75, 3.05) is 18.6 Å². The first-order valence-electron chi connectivity index (χ1n) is 5.44. The van der Waals surface area contributed by atoms with Gasteiger partial charge >= 0.3 is 0 Å². The van der Waals surface area contributed by atoms with E-state index in [2.05, 4.69) is 4.98 Å². The van der Waals surface area contributed by atoms with Crippen LogP contribution in [0, 0.1) is 0 Å². The molecule has 1 aromatic rings. The van der Waals surface area contributed by atoms with Crippen molar-refractivity contribution in [2.24, 2.45) is 5.73 Å². The molecule has 0 saturated carbocycles. The third-order valence-corrected chi connectivity index (χ3v) is 2.93. The fraction of sp³-hybridized carbons (Fsp3) is 0.583. The number of pyridine rings is 1. The molecule has 4 nitrogen and oxygen atoms in total. The topological polar surface area (TPSA) is 62.4 Å². The summed E-state index contributed by atoms with van der Waals surface area (Å²) >= 11 is 0. The average Bonchev–Trinajstić information content (AvgIpc) is 2.28. The molecule has 90 valence electrons. The van der Waals surface area contributed by atoms with Gasteiger partial charge in [0.25, 0.3) is 0 Å². The molecule has 0 aromatic carbocycles. The van der Waals surface area contributed by atoms with Crippen LogP contribution in [0.3, 0.4) is 0 Å². The number of nitrogens with zero attached hydrogens (tertiary/aromatic N) is 2. The Bertz CT molecular complexity index is 350. The summed E-state index contributed by atoms with van der Waals surface area (Å²) in [4.78, 5) is 6.25. The maximum atomic E-state index is 9.31. The van der Waals surface area contributed by atoms with Crippen molar-refractivity contribution in [3.05, 3.63) is 23.9 Å². The minimum atomic E-state index is -0.330. The molecule has 0 amide bonds. The molecule has 0 radical (unpaired) electrons. The van der Waals surface area contributed by atoms with Crippen LogP contribution in [-0.2, 0) is 0 Å². The number of aliphatic hydroxyl groups excluding tert-OH is 1. The lowest BCUT2D eigenvalue weighted by Gasteiger charge is -2.35.